The number of nitro groups is 1. The van der Waals surface area contributed by atoms with Gasteiger partial charge in [0.05, 0.1) is 21.9 Å². The standard InChI is InChI=1S/C18H15IN4O3/c19-17-7-6-15(23(25)26)12-16(17)18(24)20-10-8-13-9-11-22(21-13)14-4-2-1-3-5-14/h1-7,9,11-12H,8,10H2,(H,20,24). The van der Waals surface area contributed by atoms with E-state index in [0.29, 0.717) is 22.1 Å². The van der Waals surface area contributed by atoms with Crippen LogP contribution in [-0.4, -0.2) is 27.2 Å². The third-order valence-electron chi connectivity index (χ3n) is 3.74. The summed E-state index contributed by atoms with van der Waals surface area (Å²) in [7, 11) is 0. The van der Waals surface area contributed by atoms with Crippen LogP contribution in [-0.2, 0) is 6.42 Å². The highest BCUT2D eigenvalue weighted by atomic mass is 127. The SMILES string of the molecule is O=C(NCCc1ccn(-c2ccccc2)n1)c1cc([N+](=O)[O-])ccc1I. The van der Waals surface area contributed by atoms with Crippen LogP contribution >= 0.6 is 22.6 Å². The second kappa shape index (κ2) is 8.09. The van der Waals surface area contributed by atoms with Crippen LogP contribution in [0.5, 0.6) is 0 Å². The molecule has 0 radical (unpaired) electrons. The van der Waals surface area contributed by atoms with E-state index in [9.17, 15) is 14.9 Å². The lowest BCUT2D eigenvalue weighted by atomic mass is 10.2. The monoisotopic (exact) mass is 462 g/mol. The summed E-state index contributed by atoms with van der Waals surface area (Å²) in [6.07, 6.45) is 2.44. The van der Waals surface area contributed by atoms with Gasteiger partial charge in [-0.1, -0.05) is 18.2 Å². The van der Waals surface area contributed by atoms with Crippen molar-refractivity contribution < 1.29 is 9.72 Å². The molecule has 0 spiro atoms. The van der Waals surface area contributed by atoms with Gasteiger partial charge in [-0.25, -0.2) is 4.68 Å². The van der Waals surface area contributed by atoms with Crippen LogP contribution in [0.1, 0.15) is 16.1 Å². The lowest BCUT2D eigenvalue weighted by molar-refractivity contribution is -0.384. The van der Waals surface area contributed by atoms with E-state index in [2.05, 4.69) is 10.4 Å². The molecule has 3 rings (SSSR count). The van der Waals surface area contributed by atoms with Crippen molar-refractivity contribution in [3.8, 4) is 5.69 Å². The van der Waals surface area contributed by atoms with Gasteiger partial charge in [0, 0.05) is 34.9 Å². The van der Waals surface area contributed by atoms with Crippen LogP contribution in [0, 0.1) is 13.7 Å². The van der Waals surface area contributed by atoms with Crippen molar-refractivity contribution in [3.63, 3.8) is 0 Å². The Morgan fingerprint density at radius 3 is 2.69 bits per heavy atom. The molecule has 0 saturated carbocycles. The van der Waals surface area contributed by atoms with E-state index in [1.807, 2.05) is 65.2 Å². The number of amides is 1. The van der Waals surface area contributed by atoms with Crippen molar-refractivity contribution in [2.75, 3.05) is 6.54 Å². The summed E-state index contributed by atoms with van der Waals surface area (Å²) < 4.78 is 2.44. The largest absolute Gasteiger partial charge is 0.352 e. The Morgan fingerprint density at radius 1 is 1.19 bits per heavy atom. The quantitative estimate of drug-likeness (QED) is 0.346. The molecule has 1 heterocycles. The fourth-order valence-corrected chi connectivity index (χ4v) is 3.00. The van der Waals surface area contributed by atoms with E-state index in [0.717, 1.165) is 11.4 Å². The third-order valence-corrected chi connectivity index (χ3v) is 4.68. The Hall–Kier alpha value is -2.75. The number of nitro benzene ring substituents is 1. The molecule has 132 valence electrons. The first kappa shape index (κ1) is 18.1. The molecule has 0 aliphatic rings. The van der Waals surface area contributed by atoms with Crippen LogP contribution in [0.15, 0.2) is 60.8 Å². The molecule has 0 aliphatic carbocycles. The number of rotatable bonds is 6. The van der Waals surface area contributed by atoms with Gasteiger partial charge >= 0.3 is 0 Å². The van der Waals surface area contributed by atoms with Gasteiger partial charge in [-0.15, -0.1) is 0 Å². The smallest absolute Gasteiger partial charge is 0.270 e. The van der Waals surface area contributed by atoms with Gasteiger partial charge in [-0.3, -0.25) is 14.9 Å². The third kappa shape index (κ3) is 4.26. The molecule has 8 heteroatoms. The zero-order valence-corrected chi connectivity index (χ0v) is 15.8. The second-order valence-corrected chi connectivity index (χ2v) is 6.68. The number of hydrogen-bond acceptors (Lipinski definition) is 4. The molecule has 0 atom stereocenters. The fourth-order valence-electron chi connectivity index (χ4n) is 2.42. The summed E-state index contributed by atoms with van der Waals surface area (Å²) in [5.74, 6) is -0.333. The average molecular weight is 462 g/mol. The molecular formula is C18H15IN4O3. The normalized spacial score (nSPS) is 10.5. The minimum absolute atomic E-state index is 0.0998. The van der Waals surface area contributed by atoms with Crippen molar-refractivity contribution in [3.05, 3.63) is 85.7 Å². The number of nitrogens with zero attached hydrogens (tertiary/aromatic N) is 3. The van der Waals surface area contributed by atoms with E-state index in [4.69, 9.17) is 0 Å². The fraction of sp³-hybridized carbons (Fsp3) is 0.111. The number of nitrogens with one attached hydrogen (secondary N) is 1. The Kier molecular flexibility index (Phi) is 5.61. The summed E-state index contributed by atoms with van der Waals surface area (Å²) in [5.41, 5.74) is 2.02. The van der Waals surface area contributed by atoms with Crippen molar-refractivity contribution in [1.82, 2.24) is 15.1 Å². The molecule has 0 fully saturated rings. The maximum absolute atomic E-state index is 12.3. The molecule has 7 nitrogen and oxygen atoms in total. The molecule has 0 unspecified atom stereocenters. The van der Waals surface area contributed by atoms with E-state index >= 15 is 0 Å². The summed E-state index contributed by atoms with van der Waals surface area (Å²) in [5, 5.41) is 18.1. The van der Waals surface area contributed by atoms with E-state index < -0.39 is 4.92 Å². The number of hydrogen-bond donors (Lipinski definition) is 1. The lowest BCUT2D eigenvalue weighted by Gasteiger charge is -2.06. The molecule has 2 aromatic carbocycles. The van der Waals surface area contributed by atoms with Crippen molar-refractivity contribution >= 4 is 34.2 Å². The zero-order valence-electron chi connectivity index (χ0n) is 13.6. The molecule has 0 bridgehead atoms. The van der Waals surface area contributed by atoms with Gasteiger partial charge < -0.3 is 5.32 Å². The summed E-state index contributed by atoms with van der Waals surface area (Å²) in [6.45, 7) is 0.392. The number of carbonyl (C=O) groups excluding carboxylic acids is 1. The predicted molar refractivity (Wildman–Crippen MR) is 105 cm³/mol. The first-order valence-corrected chi connectivity index (χ1v) is 8.94. The summed E-state index contributed by atoms with van der Waals surface area (Å²) >= 11 is 1.99. The summed E-state index contributed by atoms with van der Waals surface area (Å²) in [4.78, 5) is 22.6. The Labute approximate surface area is 163 Å². The first-order valence-electron chi connectivity index (χ1n) is 7.87. The van der Waals surface area contributed by atoms with Gasteiger partial charge in [-0.2, -0.15) is 5.10 Å². The average Bonchev–Trinajstić information content (AvgIpc) is 3.11. The van der Waals surface area contributed by atoms with Gasteiger partial charge in [0.25, 0.3) is 11.6 Å². The maximum Gasteiger partial charge on any atom is 0.270 e. The van der Waals surface area contributed by atoms with Crippen molar-refractivity contribution in [2.45, 2.75) is 6.42 Å². The Bertz CT molecular complexity index is 941. The number of non-ortho nitro benzene ring substituents is 1. The van der Waals surface area contributed by atoms with E-state index in [1.165, 1.54) is 12.1 Å². The molecule has 26 heavy (non-hydrogen) atoms. The number of benzene rings is 2. The van der Waals surface area contributed by atoms with Crippen LogP contribution in [0.4, 0.5) is 5.69 Å². The minimum atomic E-state index is -0.511. The molecular weight excluding hydrogens is 447 g/mol. The van der Waals surface area contributed by atoms with Gasteiger partial charge in [-0.05, 0) is 46.9 Å². The van der Waals surface area contributed by atoms with Crippen molar-refractivity contribution in [2.24, 2.45) is 0 Å². The highest BCUT2D eigenvalue weighted by Gasteiger charge is 2.15. The van der Waals surface area contributed by atoms with Crippen LogP contribution in [0.3, 0.4) is 0 Å². The summed E-state index contributed by atoms with van der Waals surface area (Å²) in [6, 6.07) is 15.9. The van der Waals surface area contributed by atoms with Gasteiger partial charge in [0.1, 0.15) is 0 Å². The Morgan fingerprint density at radius 2 is 1.96 bits per heavy atom. The topological polar surface area (TPSA) is 90.1 Å². The number of aromatic nitrogens is 2. The molecule has 1 N–H and O–H groups in total. The number of carbonyl (C=O) groups is 1. The zero-order chi connectivity index (χ0) is 18.5. The molecule has 3 aromatic rings. The van der Waals surface area contributed by atoms with Crippen molar-refractivity contribution in [1.29, 1.82) is 0 Å². The first-order chi connectivity index (χ1) is 12.5. The number of para-hydroxylation sites is 1. The van der Waals surface area contributed by atoms with Gasteiger partial charge in [0.2, 0.25) is 0 Å². The van der Waals surface area contributed by atoms with Crippen LogP contribution in [0.2, 0.25) is 0 Å². The second-order valence-electron chi connectivity index (χ2n) is 5.51. The van der Waals surface area contributed by atoms with Crippen LogP contribution < -0.4 is 5.32 Å². The van der Waals surface area contributed by atoms with Gasteiger partial charge in [0.15, 0.2) is 0 Å². The molecule has 0 saturated heterocycles. The molecule has 1 amide bonds. The number of halogens is 1. The van der Waals surface area contributed by atoms with E-state index in [-0.39, 0.29) is 11.6 Å². The Balaban J connectivity index is 1.60. The van der Waals surface area contributed by atoms with E-state index in [1.54, 1.807) is 10.7 Å². The maximum atomic E-state index is 12.3. The molecule has 1 aromatic heterocycles. The van der Waals surface area contributed by atoms with Crippen LogP contribution in [0.25, 0.3) is 5.69 Å². The predicted octanol–water partition coefficient (Wildman–Crippen LogP) is 3.36. The minimum Gasteiger partial charge on any atom is -0.352 e. The highest BCUT2D eigenvalue weighted by molar-refractivity contribution is 14.1. The lowest BCUT2D eigenvalue weighted by Crippen LogP contribution is -2.26. The molecule has 0 aliphatic heterocycles. The highest BCUT2D eigenvalue weighted by Crippen LogP contribution is 2.19.